The van der Waals surface area contributed by atoms with Gasteiger partial charge in [0.25, 0.3) is 0 Å². The fourth-order valence-electron chi connectivity index (χ4n) is 5.36. The van der Waals surface area contributed by atoms with Gasteiger partial charge in [-0.05, 0) is 47.2 Å². The van der Waals surface area contributed by atoms with Crippen molar-refractivity contribution < 1.29 is 77.4 Å². The minimum Gasteiger partial charge on any atom is -1.00 e. The van der Waals surface area contributed by atoms with Crippen molar-refractivity contribution in [2.75, 3.05) is 0 Å². The molecule has 0 unspecified atom stereocenters. The van der Waals surface area contributed by atoms with E-state index in [4.69, 9.17) is 0 Å². The number of halogens is 8. The summed E-state index contributed by atoms with van der Waals surface area (Å²) in [5, 5.41) is 4.43. The van der Waals surface area contributed by atoms with Gasteiger partial charge in [-0.1, -0.05) is 75.2 Å². The van der Waals surface area contributed by atoms with Crippen molar-refractivity contribution in [3.05, 3.63) is 145 Å². The molecular weight excluding hydrogens is 769 g/mol. The van der Waals surface area contributed by atoms with Crippen LogP contribution in [0.2, 0.25) is 0 Å². The largest absolute Gasteiger partial charge is 2.00 e. The molecule has 0 saturated carbocycles. The average Bonchev–Trinajstić information content (AvgIpc) is 3.66. The molecule has 0 spiro atoms. The Labute approximate surface area is 323 Å². The van der Waals surface area contributed by atoms with Gasteiger partial charge in [-0.2, -0.15) is 38.5 Å². The summed E-state index contributed by atoms with van der Waals surface area (Å²) in [5.41, 5.74) is 4.81. The normalized spacial score (nSPS) is 11.2. The van der Waals surface area contributed by atoms with Gasteiger partial charge in [0.2, 0.25) is 0 Å². The molecule has 0 saturated heterocycles. The van der Waals surface area contributed by atoms with E-state index >= 15 is 0 Å². The molecule has 0 nitrogen and oxygen atoms in total. The molecule has 0 amide bonds. The van der Waals surface area contributed by atoms with Crippen LogP contribution in [0.4, 0.5) is 26.3 Å². The van der Waals surface area contributed by atoms with E-state index in [-0.39, 0.29) is 51.0 Å². The number of benzene rings is 4. The summed E-state index contributed by atoms with van der Waals surface area (Å²) in [4.78, 5) is 0. The van der Waals surface area contributed by atoms with Crippen LogP contribution in [0.5, 0.6) is 0 Å². The third kappa shape index (κ3) is 11.1. The van der Waals surface area contributed by atoms with Crippen molar-refractivity contribution in [2.24, 2.45) is 0 Å². The van der Waals surface area contributed by atoms with Gasteiger partial charge in [0.15, 0.2) is 0 Å². The predicted molar refractivity (Wildman–Crippen MR) is 183 cm³/mol. The molecule has 0 bridgehead atoms. The Bertz CT molecular complexity index is 1760. The fraction of sp³-hybridized carbons (Fsp3) is 0.220. The Hall–Kier alpha value is -2.86. The van der Waals surface area contributed by atoms with Crippen LogP contribution in [0.1, 0.15) is 68.2 Å². The van der Waals surface area contributed by atoms with Crippen LogP contribution < -0.4 is 24.8 Å². The van der Waals surface area contributed by atoms with Crippen LogP contribution in [0.3, 0.4) is 0 Å². The van der Waals surface area contributed by atoms with E-state index < -0.39 is 23.5 Å². The first-order chi connectivity index (χ1) is 22.1. The minimum atomic E-state index is -4.30. The van der Waals surface area contributed by atoms with E-state index in [0.717, 1.165) is 74.5 Å². The van der Waals surface area contributed by atoms with Crippen LogP contribution >= 0.6 is 0 Å². The molecule has 9 heteroatoms. The van der Waals surface area contributed by atoms with E-state index in [0.29, 0.717) is 11.8 Å². The van der Waals surface area contributed by atoms with Crippen molar-refractivity contribution in [1.82, 2.24) is 0 Å². The predicted octanol–water partition coefficient (Wildman–Crippen LogP) is 7.79. The van der Waals surface area contributed by atoms with Gasteiger partial charge in [0, 0.05) is 0 Å². The molecule has 6 aromatic rings. The second kappa shape index (κ2) is 19.1. The summed E-state index contributed by atoms with van der Waals surface area (Å²) in [6.45, 7) is 15.3. The molecule has 0 N–H and O–H groups in total. The third-order valence-corrected chi connectivity index (χ3v) is 7.93. The van der Waals surface area contributed by atoms with Crippen LogP contribution in [0, 0.1) is 13.8 Å². The van der Waals surface area contributed by atoms with Crippen molar-refractivity contribution in [3.8, 4) is 22.3 Å². The maximum atomic E-state index is 12.7. The summed E-state index contributed by atoms with van der Waals surface area (Å²) in [7, 11) is 0. The fourth-order valence-corrected chi connectivity index (χ4v) is 5.36. The van der Waals surface area contributed by atoms with E-state index in [1.807, 2.05) is 36.4 Å². The van der Waals surface area contributed by atoms with Gasteiger partial charge in [-0.25, -0.2) is 0 Å². The molecule has 6 aromatic carbocycles. The molecule has 0 heterocycles. The monoisotopic (exact) mass is 804 g/mol. The molecule has 0 aliphatic rings. The van der Waals surface area contributed by atoms with Gasteiger partial charge in [0.1, 0.15) is 0 Å². The minimum absolute atomic E-state index is 0. The van der Waals surface area contributed by atoms with Crippen LogP contribution in [-0.4, -0.2) is 0 Å². The Kier molecular flexibility index (Phi) is 17.3. The second-order valence-electron chi connectivity index (χ2n) is 12.0. The number of hydrogen-bond donors (Lipinski definition) is 0. The Balaban J connectivity index is 0.000000439. The molecule has 0 aliphatic heterocycles. The van der Waals surface area contributed by atoms with Gasteiger partial charge >= 0.3 is 38.6 Å². The summed E-state index contributed by atoms with van der Waals surface area (Å²) >= 11 is 0. The quantitative estimate of drug-likeness (QED) is 0.126. The molecule has 6 rings (SSSR count). The Morgan fingerprint density at radius 2 is 0.840 bits per heavy atom. The molecule has 0 aromatic heterocycles. The first-order valence-corrected chi connectivity index (χ1v) is 15.5. The smallest absolute Gasteiger partial charge is 1.00 e. The van der Waals surface area contributed by atoms with Crippen LogP contribution in [0.15, 0.2) is 109 Å². The first-order valence-electron chi connectivity index (χ1n) is 15.5. The zero-order valence-corrected chi connectivity index (χ0v) is 32.2. The topological polar surface area (TPSA) is 0 Å². The Morgan fingerprint density at radius 3 is 1.10 bits per heavy atom. The third-order valence-electron chi connectivity index (χ3n) is 7.93. The summed E-state index contributed by atoms with van der Waals surface area (Å²) < 4.78 is 76.0. The maximum absolute atomic E-state index is 12.7. The van der Waals surface area contributed by atoms with Gasteiger partial charge in [0.05, 0.1) is 11.1 Å². The zero-order valence-electron chi connectivity index (χ0n) is 28.2. The molecule has 266 valence electrons. The van der Waals surface area contributed by atoms with E-state index in [1.165, 1.54) is 11.1 Å². The SMILES string of the molecule is CC(C)c1cc2c(-c3ccc(C(F)(F)F)cc3)cccc2[cH-]1.CC(C)c1cc2c(-c3ccc(C(F)(F)F)cc3)cccc2[cH-]1.[CH2-]C[CH2-].[Cl-].[Cl-].[Zr+2]. The Morgan fingerprint density at radius 1 is 0.540 bits per heavy atom. The van der Waals surface area contributed by atoms with E-state index in [9.17, 15) is 26.3 Å². The van der Waals surface area contributed by atoms with E-state index in [2.05, 4.69) is 65.8 Å². The van der Waals surface area contributed by atoms with Crippen molar-refractivity contribution in [1.29, 1.82) is 0 Å². The van der Waals surface area contributed by atoms with Gasteiger partial charge < -0.3 is 45.1 Å². The van der Waals surface area contributed by atoms with E-state index in [1.54, 1.807) is 24.3 Å². The number of rotatable bonds is 4. The molecule has 0 fully saturated rings. The van der Waals surface area contributed by atoms with Crippen LogP contribution in [0.25, 0.3) is 43.8 Å². The molecule has 0 aliphatic carbocycles. The standard InChI is InChI=1S/2C19H16F3.C3H6.2ClH.Zr/c2*1-12(2)15-10-14-4-3-5-17(18(14)11-15)13-6-8-16(9-7-13)19(20,21)22;1-3-2;;;/h2*3-12H,1-2H3;1-3H2;2*1H;/q2*-1;-2;;;+2/p-2. The number of alkyl halides is 6. The van der Waals surface area contributed by atoms with Crippen molar-refractivity contribution in [3.63, 3.8) is 0 Å². The molecule has 0 atom stereocenters. The van der Waals surface area contributed by atoms with Crippen molar-refractivity contribution in [2.45, 2.75) is 58.3 Å². The number of fused-ring (bicyclic) bond motifs is 2. The maximum Gasteiger partial charge on any atom is 2.00 e. The summed E-state index contributed by atoms with van der Waals surface area (Å²) in [6.07, 6.45) is -7.84. The van der Waals surface area contributed by atoms with Crippen LogP contribution in [-0.2, 0) is 38.6 Å². The second-order valence-corrected chi connectivity index (χ2v) is 12.0. The van der Waals surface area contributed by atoms with Gasteiger partial charge in [-0.15, -0.1) is 69.1 Å². The summed E-state index contributed by atoms with van der Waals surface area (Å²) in [5.74, 6) is 0.848. The van der Waals surface area contributed by atoms with Crippen molar-refractivity contribution >= 4 is 21.5 Å². The molecule has 50 heavy (non-hydrogen) atoms. The molecule has 0 radical (unpaired) electrons. The summed E-state index contributed by atoms with van der Waals surface area (Å²) in [6, 6.07) is 31.1. The number of hydrogen-bond acceptors (Lipinski definition) is 0. The first kappa shape index (κ1) is 45.2. The average molecular weight is 807 g/mol. The zero-order chi connectivity index (χ0) is 34.5. The molecular formula is C41H38Cl2F6Zr-4. The van der Waals surface area contributed by atoms with Gasteiger partial charge in [-0.3, -0.25) is 0 Å².